The van der Waals surface area contributed by atoms with Crippen LogP contribution >= 0.6 is 0 Å². The van der Waals surface area contributed by atoms with Gasteiger partial charge in [-0.1, -0.05) is 32.9 Å². The Morgan fingerprint density at radius 3 is 2.14 bits per heavy atom. The molecule has 0 atom stereocenters. The molecule has 0 aliphatic carbocycles. The van der Waals surface area contributed by atoms with Crippen LogP contribution < -0.4 is 9.74 Å². The van der Waals surface area contributed by atoms with Gasteiger partial charge in [-0.15, -0.1) is 0 Å². The van der Waals surface area contributed by atoms with E-state index in [0.717, 1.165) is 0 Å². The average molecular weight is 319 g/mol. The molecule has 0 fully saturated rings. The quantitative estimate of drug-likeness (QED) is 0.829. The first-order valence-electron chi connectivity index (χ1n) is 6.51. The van der Waals surface area contributed by atoms with Gasteiger partial charge in [0.2, 0.25) is 0 Å². The van der Waals surface area contributed by atoms with E-state index in [2.05, 4.69) is 0 Å². The fraction of sp³-hybridized carbons (Fsp3) is 0.500. The lowest BCUT2D eigenvalue weighted by atomic mass is 10.2. The predicted molar refractivity (Wildman–Crippen MR) is 79.0 cm³/mol. The monoisotopic (exact) mass is 319 g/mol. The molecule has 1 rings (SSSR count). The summed E-state index contributed by atoms with van der Waals surface area (Å²) < 4.78 is 43.0. The third kappa shape index (κ3) is 4.49. The Morgan fingerprint density at radius 2 is 1.67 bits per heavy atom. The summed E-state index contributed by atoms with van der Waals surface area (Å²) in [5, 5.41) is 1.75. The van der Waals surface area contributed by atoms with Gasteiger partial charge in [0.25, 0.3) is 8.32 Å². The van der Waals surface area contributed by atoms with Gasteiger partial charge in [0.1, 0.15) is 5.75 Å². The summed E-state index contributed by atoms with van der Waals surface area (Å²) in [7, 11) is -2.21. The van der Waals surface area contributed by atoms with Crippen LogP contribution in [0.3, 0.4) is 0 Å². The van der Waals surface area contributed by atoms with Crippen molar-refractivity contribution in [2.45, 2.75) is 45.1 Å². The minimum Gasteiger partial charge on any atom is -0.542 e. The van der Waals surface area contributed by atoms with E-state index >= 15 is 0 Å². The second kappa shape index (κ2) is 5.71. The molecule has 0 aromatic heterocycles. The molecule has 7 heteroatoms. The number of carbonyl (C=O) groups is 1. The molecule has 1 aromatic carbocycles. The van der Waals surface area contributed by atoms with Crippen molar-refractivity contribution in [1.29, 1.82) is 0 Å². The van der Waals surface area contributed by atoms with Gasteiger partial charge in [-0.05, 0) is 30.3 Å². The number of rotatable bonds is 3. The summed E-state index contributed by atoms with van der Waals surface area (Å²) in [5.74, 6) is -1.74. The Labute approximate surface area is 123 Å². The van der Waals surface area contributed by atoms with E-state index in [4.69, 9.17) is 4.43 Å². The van der Waals surface area contributed by atoms with E-state index in [1.165, 1.54) is 6.07 Å². The number of para-hydroxylation sites is 2. The lowest BCUT2D eigenvalue weighted by Crippen LogP contribution is -2.44. The molecular formula is C14H20F3NO2Si. The number of anilines is 1. The summed E-state index contributed by atoms with van der Waals surface area (Å²) >= 11 is 0. The van der Waals surface area contributed by atoms with Gasteiger partial charge in [-0.25, -0.2) is 0 Å². The number of hydrogen-bond donors (Lipinski definition) is 1. The summed E-state index contributed by atoms with van der Waals surface area (Å²) in [4.78, 5) is 11.1. The zero-order valence-electron chi connectivity index (χ0n) is 12.8. The molecule has 0 heterocycles. The summed E-state index contributed by atoms with van der Waals surface area (Å²) in [6.45, 7) is 10.0. The standard InChI is InChI=1S/C14H20F3NO2Si/c1-13(2,3)21(4,5)20-11-9-7-6-8-10(11)18-12(19)14(15,16)17/h6-9H,1-5H3,(H,18,19). The first-order valence-corrected chi connectivity index (χ1v) is 9.41. The van der Waals surface area contributed by atoms with Crippen LogP contribution in [0.25, 0.3) is 0 Å². The predicted octanol–water partition coefficient (Wildman–Crippen LogP) is 4.57. The molecular weight excluding hydrogens is 299 g/mol. The second-order valence-corrected chi connectivity index (χ2v) is 11.0. The number of carbonyl (C=O) groups excluding carboxylic acids is 1. The van der Waals surface area contributed by atoms with Crippen molar-refractivity contribution in [2.24, 2.45) is 0 Å². The first kappa shape index (κ1) is 17.5. The van der Waals surface area contributed by atoms with Crippen molar-refractivity contribution in [1.82, 2.24) is 0 Å². The number of nitrogens with one attached hydrogen (secondary N) is 1. The maximum Gasteiger partial charge on any atom is 0.471 e. The zero-order valence-corrected chi connectivity index (χ0v) is 13.8. The molecule has 1 N–H and O–H groups in total. The van der Waals surface area contributed by atoms with Crippen molar-refractivity contribution in [3.63, 3.8) is 0 Å². The molecule has 0 saturated heterocycles. The Balaban J connectivity index is 3.04. The number of halogens is 3. The van der Waals surface area contributed by atoms with Crippen LogP contribution in [0.2, 0.25) is 18.1 Å². The van der Waals surface area contributed by atoms with Gasteiger partial charge in [0.15, 0.2) is 0 Å². The molecule has 21 heavy (non-hydrogen) atoms. The van der Waals surface area contributed by atoms with Gasteiger partial charge in [0, 0.05) is 0 Å². The molecule has 0 aliphatic heterocycles. The summed E-state index contributed by atoms with van der Waals surface area (Å²) in [5.41, 5.74) is 0.0321. The fourth-order valence-electron chi connectivity index (χ4n) is 1.28. The van der Waals surface area contributed by atoms with Crippen LogP contribution in [0.4, 0.5) is 18.9 Å². The minimum atomic E-state index is -4.93. The fourth-order valence-corrected chi connectivity index (χ4v) is 2.31. The van der Waals surface area contributed by atoms with Crippen LogP contribution in [0.5, 0.6) is 5.75 Å². The highest BCUT2D eigenvalue weighted by molar-refractivity contribution is 6.74. The van der Waals surface area contributed by atoms with Crippen LogP contribution in [-0.2, 0) is 4.79 Å². The zero-order chi connectivity index (χ0) is 16.5. The van der Waals surface area contributed by atoms with E-state index in [9.17, 15) is 18.0 Å². The Hall–Kier alpha value is -1.50. The molecule has 0 bridgehead atoms. The van der Waals surface area contributed by atoms with E-state index in [-0.39, 0.29) is 16.5 Å². The summed E-state index contributed by atoms with van der Waals surface area (Å²) in [6.07, 6.45) is -4.93. The molecule has 0 radical (unpaired) electrons. The second-order valence-electron chi connectivity index (χ2n) is 6.31. The van der Waals surface area contributed by atoms with Crippen molar-refractivity contribution in [3.8, 4) is 5.75 Å². The Morgan fingerprint density at radius 1 is 1.14 bits per heavy atom. The van der Waals surface area contributed by atoms with E-state index in [0.29, 0.717) is 0 Å². The maximum absolute atomic E-state index is 12.3. The van der Waals surface area contributed by atoms with Crippen LogP contribution in [0.15, 0.2) is 24.3 Å². The lowest BCUT2D eigenvalue weighted by molar-refractivity contribution is -0.167. The molecule has 0 saturated carbocycles. The van der Waals surface area contributed by atoms with Crippen molar-refractivity contribution in [3.05, 3.63) is 24.3 Å². The molecule has 0 aliphatic rings. The number of benzene rings is 1. The van der Waals surface area contributed by atoms with E-state index in [1.807, 2.05) is 39.2 Å². The molecule has 0 spiro atoms. The van der Waals surface area contributed by atoms with Crippen molar-refractivity contribution < 1.29 is 22.4 Å². The van der Waals surface area contributed by atoms with Gasteiger partial charge in [-0.2, -0.15) is 13.2 Å². The Bertz CT molecular complexity index is 522. The molecule has 1 aromatic rings. The third-order valence-corrected chi connectivity index (χ3v) is 7.91. The lowest BCUT2D eigenvalue weighted by Gasteiger charge is -2.37. The number of amides is 1. The normalized spacial score (nSPS) is 13.0. The Kier molecular flexibility index (Phi) is 4.77. The highest BCUT2D eigenvalue weighted by Crippen LogP contribution is 2.39. The van der Waals surface area contributed by atoms with E-state index < -0.39 is 20.4 Å². The first-order chi connectivity index (χ1) is 9.34. The van der Waals surface area contributed by atoms with E-state index in [1.54, 1.807) is 18.2 Å². The smallest absolute Gasteiger partial charge is 0.471 e. The highest BCUT2D eigenvalue weighted by atomic mass is 28.4. The topological polar surface area (TPSA) is 38.3 Å². The summed E-state index contributed by atoms with van der Waals surface area (Å²) in [6, 6.07) is 6.16. The molecule has 118 valence electrons. The number of alkyl halides is 3. The molecule has 1 amide bonds. The molecule has 0 unspecified atom stereocenters. The minimum absolute atomic E-state index is 0.0321. The highest BCUT2D eigenvalue weighted by Gasteiger charge is 2.41. The van der Waals surface area contributed by atoms with Crippen LogP contribution in [0.1, 0.15) is 20.8 Å². The molecule has 3 nitrogen and oxygen atoms in total. The van der Waals surface area contributed by atoms with Gasteiger partial charge in [0.05, 0.1) is 5.69 Å². The van der Waals surface area contributed by atoms with Gasteiger partial charge < -0.3 is 9.74 Å². The largest absolute Gasteiger partial charge is 0.542 e. The third-order valence-electron chi connectivity index (χ3n) is 3.56. The van der Waals surface area contributed by atoms with Crippen LogP contribution in [0, 0.1) is 0 Å². The maximum atomic E-state index is 12.3. The van der Waals surface area contributed by atoms with Gasteiger partial charge in [-0.3, -0.25) is 4.79 Å². The van der Waals surface area contributed by atoms with Crippen molar-refractivity contribution >= 4 is 19.9 Å². The number of hydrogen-bond acceptors (Lipinski definition) is 2. The average Bonchev–Trinajstić information content (AvgIpc) is 2.28. The van der Waals surface area contributed by atoms with Crippen molar-refractivity contribution in [2.75, 3.05) is 5.32 Å². The SMILES string of the molecule is CC(C)(C)[Si](C)(C)Oc1ccccc1NC(=O)C(F)(F)F. The van der Waals surface area contributed by atoms with Crippen LogP contribution in [-0.4, -0.2) is 20.4 Å². The van der Waals surface area contributed by atoms with Gasteiger partial charge >= 0.3 is 12.1 Å².